The lowest BCUT2D eigenvalue weighted by molar-refractivity contribution is 1.05. The van der Waals surface area contributed by atoms with E-state index in [1.807, 2.05) is 37.3 Å². The minimum Gasteiger partial charge on any atom is -0.333 e. The summed E-state index contributed by atoms with van der Waals surface area (Å²) >= 11 is 1.43. The number of hydrogen-bond donors (Lipinski definition) is 1. The number of hydrogen-bond acceptors (Lipinski definition) is 3. The van der Waals surface area contributed by atoms with Crippen LogP contribution in [0.5, 0.6) is 0 Å². The van der Waals surface area contributed by atoms with Crippen LogP contribution in [0, 0.1) is 11.3 Å². The number of nitrogens with one attached hydrogen (secondary N) is 1. The van der Waals surface area contributed by atoms with Crippen LogP contribution >= 0.6 is 11.8 Å². The highest BCUT2D eigenvalue weighted by Crippen LogP contribution is 2.23. The molecular weight excluding hydrogens is 218 g/mol. The molecule has 0 bridgehead atoms. The number of aromatic amines is 1. The second-order valence-corrected chi connectivity index (χ2v) is 4.69. The summed E-state index contributed by atoms with van der Waals surface area (Å²) in [6.45, 7) is 1.86. The van der Waals surface area contributed by atoms with E-state index in [0.29, 0.717) is 0 Å². The zero-order valence-corrected chi connectivity index (χ0v) is 9.66. The zero-order chi connectivity index (χ0) is 11.4. The van der Waals surface area contributed by atoms with Gasteiger partial charge in [0.25, 0.3) is 0 Å². The van der Waals surface area contributed by atoms with Gasteiger partial charge in [-0.25, -0.2) is 4.98 Å². The molecule has 2 aromatic rings. The molecule has 0 fully saturated rings. The predicted molar refractivity (Wildman–Crippen MR) is 65.0 cm³/mol. The van der Waals surface area contributed by atoms with E-state index in [1.165, 1.54) is 11.8 Å². The molecule has 80 valence electrons. The summed E-state index contributed by atoms with van der Waals surface area (Å²) in [5.41, 5.74) is 2.08. The van der Waals surface area contributed by atoms with Crippen molar-refractivity contribution in [3.8, 4) is 17.3 Å². The van der Waals surface area contributed by atoms with Gasteiger partial charge in [0.05, 0.1) is 23.2 Å². The van der Waals surface area contributed by atoms with Crippen molar-refractivity contribution in [3.63, 3.8) is 0 Å². The van der Waals surface area contributed by atoms with E-state index in [2.05, 4.69) is 16.0 Å². The number of imidazole rings is 1. The van der Waals surface area contributed by atoms with Gasteiger partial charge in [-0.2, -0.15) is 5.26 Å². The molecule has 1 unspecified atom stereocenters. The van der Waals surface area contributed by atoms with E-state index in [1.54, 1.807) is 6.20 Å². The fraction of sp³-hybridized carbons (Fsp3) is 0.167. The molecule has 1 atom stereocenters. The van der Waals surface area contributed by atoms with Crippen molar-refractivity contribution in [2.24, 2.45) is 0 Å². The normalized spacial score (nSPS) is 12.0. The monoisotopic (exact) mass is 229 g/mol. The second-order valence-electron chi connectivity index (χ2n) is 3.36. The van der Waals surface area contributed by atoms with Gasteiger partial charge in [0.1, 0.15) is 0 Å². The Morgan fingerprint density at radius 2 is 2.12 bits per heavy atom. The first-order chi connectivity index (χ1) is 7.79. The summed E-state index contributed by atoms with van der Waals surface area (Å²) in [4.78, 5) is 7.43. The van der Waals surface area contributed by atoms with Crippen LogP contribution in [-0.2, 0) is 0 Å². The fourth-order valence-corrected chi connectivity index (χ4v) is 1.99. The van der Waals surface area contributed by atoms with Crippen molar-refractivity contribution >= 4 is 11.8 Å². The van der Waals surface area contributed by atoms with Gasteiger partial charge in [0.15, 0.2) is 5.16 Å². The topological polar surface area (TPSA) is 52.5 Å². The Morgan fingerprint density at radius 3 is 2.81 bits per heavy atom. The maximum Gasteiger partial charge on any atom is 0.167 e. The first-order valence-electron chi connectivity index (χ1n) is 4.96. The number of rotatable bonds is 3. The van der Waals surface area contributed by atoms with E-state index in [9.17, 15) is 0 Å². The Balaban J connectivity index is 2.18. The largest absolute Gasteiger partial charge is 0.333 e. The highest BCUT2D eigenvalue weighted by atomic mass is 32.2. The average molecular weight is 229 g/mol. The third-order valence-electron chi connectivity index (χ3n) is 2.11. The highest BCUT2D eigenvalue weighted by molar-refractivity contribution is 8.00. The van der Waals surface area contributed by atoms with E-state index in [4.69, 9.17) is 5.26 Å². The molecule has 0 aliphatic heterocycles. The van der Waals surface area contributed by atoms with E-state index < -0.39 is 0 Å². The van der Waals surface area contributed by atoms with Crippen LogP contribution in [0.4, 0.5) is 0 Å². The molecule has 0 amide bonds. The van der Waals surface area contributed by atoms with E-state index >= 15 is 0 Å². The molecule has 0 radical (unpaired) electrons. The quantitative estimate of drug-likeness (QED) is 0.823. The molecule has 3 nitrogen and oxygen atoms in total. The van der Waals surface area contributed by atoms with Crippen LogP contribution in [0.2, 0.25) is 0 Å². The molecule has 0 saturated heterocycles. The van der Waals surface area contributed by atoms with Crippen LogP contribution in [0.15, 0.2) is 41.7 Å². The van der Waals surface area contributed by atoms with Crippen molar-refractivity contribution in [2.75, 3.05) is 0 Å². The summed E-state index contributed by atoms with van der Waals surface area (Å²) in [5, 5.41) is 9.40. The third kappa shape index (κ3) is 2.44. The lowest BCUT2D eigenvalue weighted by Crippen LogP contribution is -1.90. The molecule has 16 heavy (non-hydrogen) atoms. The van der Waals surface area contributed by atoms with Gasteiger partial charge in [-0.3, -0.25) is 0 Å². The van der Waals surface area contributed by atoms with Crippen molar-refractivity contribution in [3.05, 3.63) is 36.5 Å². The first-order valence-corrected chi connectivity index (χ1v) is 5.84. The molecule has 0 spiro atoms. The van der Waals surface area contributed by atoms with Crippen LogP contribution in [-0.4, -0.2) is 15.2 Å². The number of aromatic nitrogens is 2. The summed E-state index contributed by atoms with van der Waals surface area (Å²) in [5.74, 6) is 0. The predicted octanol–water partition coefficient (Wildman–Crippen LogP) is 3.08. The number of thioether (sulfide) groups is 1. The molecule has 0 aliphatic rings. The second kappa shape index (κ2) is 4.86. The van der Waals surface area contributed by atoms with Gasteiger partial charge < -0.3 is 4.98 Å². The maximum absolute atomic E-state index is 8.71. The number of nitrogens with zero attached hydrogens (tertiary/aromatic N) is 2. The van der Waals surface area contributed by atoms with Crippen molar-refractivity contribution < 1.29 is 0 Å². The van der Waals surface area contributed by atoms with E-state index in [-0.39, 0.29) is 5.25 Å². The maximum atomic E-state index is 8.71. The Morgan fingerprint density at radius 1 is 1.38 bits per heavy atom. The van der Waals surface area contributed by atoms with Crippen LogP contribution in [0.1, 0.15) is 6.92 Å². The SMILES string of the molecule is CC(C#N)Sc1ncc(-c2ccccc2)[nH]1. The van der Waals surface area contributed by atoms with Gasteiger partial charge >= 0.3 is 0 Å². The zero-order valence-electron chi connectivity index (χ0n) is 8.84. The lowest BCUT2D eigenvalue weighted by atomic mass is 10.2. The van der Waals surface area contributed by atoms with Gasteiger partial charge in [0.2, 0.25) is 0 Å². The number of nitriles is 1. The molecule has 1 heterocycles. The van der Waals surface area contributed by atoms with Crippen LogP contribution in [0.3, 0.4) is 0 Å². The molecule has 1 N–H and O–H groups in total. The Bertz CT molecular complexity index is 498. The van der Waals surface area contributed by atoms with Crippen molar-refractivity contribution in [1.29, 1.82) is 5.26 Å². The Kier molecular flexibility index (Phi) is 3.28. The minimum atomic E-state index is -0.0882. The first kappa shape index (κ1) is 10.8. The summed E-state index contributed by atoms with van der Waals surface area (Å²) in [6.07, 6.45) is 1.79. The summed E-state index contributed by atoms with van der Waals surface area (Å²) in [7, 11) is 0. The standard InChI is InChI=1S/C12H11N3S/c1-9(7-13)16-12-14-8-11(15-12)10-5-3-2-4-6-10/h2-6,8-9H,1H3,(H,14,15). The molecule has 4 heteroatoms. The van der Waals surface area contributed by atoms with E-state index in [0.717, 1.165) is 16.4 Å². The van der Waals surface area contributed by atoms with Gasteiger partial charge in [-0.15, -0.1) is 0 Å². The fourth-order valence-electron chi connectivity index (χ4n) is 1.32. The van der Waals surface area contributed by atoms with Gasteiger partial charge in [0, 0.05) is 0 Å². The van der Waals surface area contributed by atoms with Gasteiger partial charge in [-0.05, 0) is 12.5 Å². The van der Waals surface area contributed by atoms with Gasteiger partial charge in [-0.1, -0.05) is 42.1 Å². The van der Waals surface area contributed by atoms with Crippen molar-refractivity contribution in [1.82, 2.24) is 9.97 Å². The smallest absolute Gasteiger partial charge is 0.167 e. The minimum absolute atomic E-state index is 0.0882. The molecular formula is C12H11N3S. The third-order valence-corrected chi connectivity index (χ3v) is 3.00. The lowest BCUT2D eigenvalue weighted by Gasteiger charge is -1.98. The molecule has 1 aromatic carbocycles. The van der Waals surface area contributed by atoms with Crippen molar-refractivity contribution in [2.45, 2.75) is 17.3 Å². The average Bonchev–Trinajstić information content (AvgIpc) is 2.78. The van der Waals surface area contributed by atoms with Crippen LogP contribution < -0.4 is 0 Å². The highest BCUT2D eigenvalue weighted by Gasteiger charge is 2.07. The van der Waals surface area contributed by atoms with Crippen LogP contribution in [0.25, 0.3) is 11.3 Å². The number of benzene rings is 1. The Hall–Kier alpha value is -1.73. The molecule has 0 saturated carbocycles. The molecule has 2 rings (SSSR count). The molecule has 1 aromatic heterocycles. The summed E-state index contributed by atoms with van der Waals surface area (Å²) in [6, 6.07) is 12.2. The Labute approximate surface area is 98.5 Å². The molecule has 0 aliphatic carbocycles. The number of H-pyrrole nitrogens is 1. The summed E-state index contributed by atoms with van der Waals surface area (Å²) < 4.78 is 0.